The maximum absolute atomic E-state index is 13.2. The largest absolute Gasteiger partial charge is 0.357 e. The van der Waals surface area contributed by atoms with E-state index in [-0.39, 0.29) is 12.5 Å². The number of carbonyl (C=O) groups is 2. The predicted molar refractivity (Wildman–Crippen MR) is 114 cm³/mol. The van der Waals surface area contributed by atoms with E-state index >= 15 is 0 Å². The maximum atomic E-state index is 13.2. The van der Waals surface area contributed by atoms with Crippen molar-refractivity contribution in [3.8, 4) is 0 Å². The molecule has 29 heavy (non-hydrogen) atoms. The van der Waals surface area contributed by atoms with Gasteiger partial charge in [0.15, 0.2) is 0 Å². The summed E-state index contributed by atoms with van der Waals surface area (Å²) in [7, 11) is -2.19. The molecule has 0 spiro atoms. The van der Waals surface area contributed by atoms with Crippen LogP contribution in [0, 0.1) is 6.92 Å². The molecule has 0 bridgehead atoms. The lowest BCUT2D eigenvalue weighted by molar-refractivity contribution is -0.139. The lowest BCUT2D eigenvalue weighted by atomic mass is 10.1. The van der Waals surface area contributed by atoms with Crippen molar-refractivity contribution in [2.24, 2.45) is 0 Å². The van der Waals surface area contributed by atoms with Gasteiger partial charge in [0.05, 0.1) is 11.9 Å². The molecular formula is C21H27N3O4S. The molecule has 0 aliphatic heterocycles. The Morgan fingerprint density at radius 1 is 1.07 bits per heavy atom. The standard InChI is InChI=1S/C21H27N3O4S/c1-16-9-8-10-18(13-16)14-23(17(2)21(26)22-3)20(25)15-24(29(4,27)28)19-11-6-5-7-12-19/h5-13,17H,14-15H2,1-4H3,(H,22,26). The molecule has 0 saturated carbocycles. The Bertz CT molecular complexity index is 961. The molecule has 0 aliphatic carbocycles. The third-order valence-electron chi connectivity index (χ3n) is 4.57. The van der Waals surface area contributed by atoms with Crippen LogP contribution in [0.25, 0.3) is 0 Å². The topological polar surface area (TPSA) is 86.8 Å². The number of rotatable bonds is 8. The van der Waals surface area contributed by atoms with Crippen LogP contribution in [0.3, 0.4) is 0 Å². The van der Waals surface area contributed by atoms with E-state index in [4.69, 9.17) is 0 Å². The molecule has 156 valence electrons. The van der Waals surface area contributed by atoms with E-state index in [1.807, 2.05) is 31.2 Å². The molecule has 8 heteroatoms. The number of hydrogen-bond donors (Lipinski definition) is 1. The molecular weight excluding hydrogens is 390 g/mol. The summed E-state index contributed by atoms with van der Waals surface area (Å²) in [5.41, 5.74) is 2.29. The predicted octanol–water partition coefficient (Wildman–Crippen LogP) is 1.92. The number of likely N-dealkylation sites (N-methyl/N-ethyl adjacent to an activating group) is 1. The minimum atomic E-state index is -3.69. The highest BCUT2D eigenvalue weighted by atomic mass is 32.2. The highest BCUT2D eigenvalue weighted by Gasteiger charge is 2.29. The Balaban J connectivity index is 2.35. The zero-order valence-corrected chi connectivity index (χ0v) is 17.9. The molecule has 1 unspecified atom stereocenters. The van der Waals surface area contributed by atoms with Gasteiger partial charge < -0.3 is 10.2 Å². The Labute approximate surface area is 172 Å². The number of para-hydroxylation sites is 1. The molecule has 2 aromatic carbocycles. The Morgan fingerprint density at radius 3 is 2.28 bits per heavy atom. The van der Waals surface area contributed by atoms with E-state index in [2.05, 4.69) is 5.32 Å². The van der Waals surface area contributed by atoms with Crippen LogP contribution in [0.4, 0.5) is 5.69 Å². The van der Waals surface area contributed by atoms with E-state index in [0.29, 0.717) is 5.69 Å². The third kappa shape index (κ3) is 6.05. The first-order chi connectivity index (χ1) is 13.6. The number of nitrogens with one attached hydrogen (secondary N) is 1. The van der Waals surface area contributed by atoms with E-state index in [1.54, 1.807) is 37.3 Å². The lowest BCUT2D eigenvalue weighted by Gasteiger charge is -2.31. The minimum absolute atomic E-state index is 0.196. The highest BCUT2D eigenvalue weighted by molar-refractivity contribution is 7.92. The van der Waals surface area contributed by atoms with Gasteiger partial charge in [-0.2, -0.15) is 0 Å². The molecule has 1 N–H and O–H groups in total. The minimum Gasteiger partial charge on any atom is -0.357 e. The Morgan fingerprint density at radius 2 is 1.72 bits per heavy atom. The number of benzene rings is 2. The molecule has 0 saturated heterocycles. The number of carbonyl (C=O) groups excluding carboxylic acids is 2. The monoisotopic (exact) mass is 417 g/mol. The van der Waals surface area contributed by atoms with Crippen molar-refractivity contribution in [2.45, 2.75) is 26.4 Å². The molecule has 0 aliphatic rings. The average Bonchev–Trinajstić information content (AvgIpc) is 2.68. The molecule has 1 atom stereocenters. The van der Waals surface area contributed by atoms with Gasteiger partial charge in [0, 0.05) is 13.6 Å². The fraction of sp³-hybridized carbons (Fsp3) is 0.333. The molecule has 2 aromatic rings. The molecule has 0 heterocycles. The van der Waals surface area contributed by atoms with Crippen molar-refractivity contribution in [1.82, 2.24) is 10.2 Å². The summed E-state index contributed by atoms with van der Waals surface area (Å²) >= 11 is 0. The zero-order valence-electron chi connectivity index (χ0n) is 17.1. The van der Waals surface area contributed by atoms with Crippen LogP contribution in [0.5, 0.6) is 0 Å². The third-order valence-corrected chi connectivity index (χ3v) is 5.71. The first-order valence-corrected chi connectivity index (χ1v) is 11.1. The van der Waals surface area contributed by atoms with Crippen LogP contribution in [-0.2, 0) is 26.2 Å². The van der Waals surface area contributed by atoms with Crippen LogP contribution >= 0.6 is 0 Å². The van der Waals surface area contributed by atoms with Gasteiger partial charge in [0.25, 0.3) is 0 Å². The van der Waals surface area contributed by atoms with Crippen molar-refractivity contribution in [1.29, 1.82) is 0 Å². The summed E-state index contributed by atoms with van der Waals surface area (Å²) in [5, 5.41) is 2.55. The van der Waals surface area contributed by atoms with Crippen LogP contribution in [0.15, 0.2) is 54.6 Å². The van der Waals surface area contributed by atoms with Gasteiger partial charge in [-0.05, 0) is 31.5 Å². The van der Waals surface area contributed by atoms with Gasteiger partial charge in [-0.3, -0.25) is 13.9 Å². The van der Waals surface area contributed by atoms with Crippen LogP contribution < -0.4 is 9.62 Å². The molecule has 7 nitrogen and oxygen atoms in total. The first-order valence-electron chi connectivity index (χ1n) is 9.23. The van der Waals surface area contributed by atoms with Gasteiger partial charge in [-0.25, -0.2) is 8.42 Å². The van der Waals surface area contributed by atoms with Crippen LogP contribution in [0.1, 0.15) is 18.1 Å². The molecule has 0 radical (unpaired) electrons. The summed E-state index contributed by atoms with van der Waals surface area (Å²) in [5.74, 6) is -0.784. The quantitative estimate of drug-likeness (QED) is 0.711. The maximum Gasteiger partial charge on any atom is 0.244 e. The highest BCUT2D eigenvalue weighted by Crippen LogP contribution is 2.18. The van der Waals surface area contributed by atoms with E-state index in [1.165, 1.54) is 11.9 Å². The number of anilines is 1. The fourth-order valence-corrected chi connectivity index (χ4v) is 3.86. The van der Waals surface area contributed by atoms with Gasteiger partial charge >= 0.3 is 0 Å². The number of hydrogen-bond acceptors (Lipinski definition) is 4. The van der Waals surface area contributed by atoms with Crippen LogP contribution in [0.2, 0.25) is 0 Å². The van der Waals surface area contributed by atoms with Crippen molar-refractivity contribution >= 4 is 27.5 Å². The summed E-state index contributed by atoms with van der Waals surface area (Å²) < 4.78 is 25.7. The van der Waals surface area contributed by atoms with Crippen molar-refractivity contribution in [3.05, 3.63) is 65.7 Å². The summed E-state index contributed by atoms with van der Waals surface area (Å²) in [4.78, 5) is 26.8. The number of aryl methyl sites for hydroxylation is 1. The van der Waals surface area contributed by atoms with Crippen molar-refractivity contribution in [2.75, 3.05) is 24.2 Å². The summed E-state index contributed by atoms with van der Waals surface area (Å²) in [6.45, 7) is 3.37. The number of sulfonamides is 1. The SMILES string of the molecule is CNC(=O)C(C)N(Cc1cccc(C)c1)C(=O)CN(c1ccccc1)S(C)(=O)=O. The van der Waals surface area contributed by atoms with Gasteiger partial charge in [0.1, 0.15) is 12.6 Å². The van der Waals surface area contributed by atoms with Crippen molar-refractivity contribution in [3.63, 3.8) is 0 Å². The molecule has 2 amide bonds. The van der Waals surface area contributed by atoms with Gasteiger partial charge in [-0.15, -0.1) is 0 Å². The lowest BCUT2D eigenvalue weighted by Crippen LogP contribution is -2.50. The van der Waals surface area contributed by atoms with Gasteiger partial charge in [-0.1, -0.05) is 48.0 Å². The summed E-state index contributed by atoms with van der Waals surface area (Å²) in [6.07, 6.45) is 1.06. The molecule has 2 rings (SSSR count). The second-order valence-electron chi connectivity index (χ2n) is 6.91. The van der Waals surface area contributed by atoms with Gasteiger partial charge in [0.2, 0.25) is 21.8 Å². The van der Waals surface area contributed by atoms with Crippen molar-refractivity contribution < 1.29 is 18.0 Å². The zero-order chi connectivity index (χ0) is 21.6. The average molecular weight is 418 g/mol. The Kier molecular flexibility index (Phi) is 7.39. The number of amides is 2. The second kappa shape index (κ2) is 9.56. The van der Waals surface area contributed by atoms with Crippen LogP contribution in [-0.4, -0.2) is 51.0 Å². The molecule has 0 fully saturated rings. The van der Waals surface area contributed by atoms with E-state index in [9.17, 15) is 18.0 Å². The smallest absolute Gasteiger partial charge is 0.244 e. The normalized spacial score (nSPS) is 12.1. The summed E-state index contributed by atoms with van der Waals surface area (Å²) in [6, 6.07) is 15.3. The first kappa shape index (κ1) is 22.4. The number of nitrogens with zero attached hydrogens (tertiary/aromatic N) is 2. The second-order valence-corrected chi connectivity index (χ2v) is 8.81. The fourth-order valence-electron chi connectivity index (χ4n) is 3.01. The van der Waals surface area contributed by atoms with E-state index < -0.39 is 28.5 Å². The van der Waals surface area contributed by atoms with E-state index in [0.717, 1.165) is 21.7 Å². The Hall–Kier alpha value is -2.87. The molecule has 0 aromatic heterocycles.